The van der Waals surface area contributed by atoms with E-state index in [0.717, 1.165) is 16.9 Å². The molecule has 3 nitrogen and oxygen atoms in total. The first-order chi connectivity index (χ1) is 8.98. The summed E-state index contributed by atoms with van der Waals surface area (Å²) >= 11 is 1.51. The van der Waals surface area contributed by atoms with Crippen LogP contribution in [0.2, 0.25) is 0 Å². The monoisotopic (exact) mass is 281 g/mol. The van der Waals surface area contributed by atoms with Gasteiger partial charge in [-0.15, -0.1) is 0 Å². The molecule has 1 saturated carbocycles. The van der Waals surface area contributed by atoms with Crippen molar-refractivity contribution in [2.75, 3.05) is 5.32 Å². The molecule has 1 N–H and O–H groups in total. The average Bonchev–Trinajstić information content (AvgIpc) is 2.76. The molecule has 0 saturated heterocycles. The highest BCUT2D eigenvalue weighted by Crippen LogP contribution is 2.37. The van der Waals surface area contributed by atoms with E-state index < -0.39 is 0 Å². The molecule has 0 radical (unpaired) electrons. The van der Waals surface area contributed by atoms with Crippen LogP contribution in [-0.4, -0.2) is 14.9 Å². The van der Waals surface area contributed by atoms with Gasteiger partial charge in [0.05, 0.1) is 0 Å². The Hall–Kier alpha value is -0.640. The second kappa shape index (κ2) is 6.21. The number of hydrogen-bond acceptors (Lipinski definition) is 4. The summed E-state index contributed by atoms with van der Waals surface area (Å²) in [5.74, 6) is 2.62. The molecule has 4 heteroatoms. The van der Waals surface area contributed by atoms with Crippen LogP contribution >= 0.6 is 11.5 Å². The summed E-state index contributed by atoms with van der Waals surface area (Å²) in [5, 5.41) is 4.39. The number of rotatable bonds is 4. The van der Waals surface area contributed by atoms with Crippen LogP contribution in [-0.2, 0) is 0 Å². The summed E-state index contributed by atoms with van der Waals surface area (Å²) in [6.45, 7) is 8.76. The minimum atomic E-state index is 0.0651. The first-order valence-electron chi connectivity index (χ1n) is 7.59. The van der Waals surface area contributed by atoms with Crippen LogP contribution in [0.25, 0.3) is 0 Å². The Bertz CT molecular complexity index is 386. The molecule has 19 heavy (non-hydrogen) atoms. The zero-order valence-electron chi connectivity index (χ0n) is 12.7. The highest BCUT2D eigenvalue weighted by Gasteiger charge is 2.25. The van der Waals surface area contributed by atoms with Gasteiger partial charge < -0.3 is 5.32 Å². The first-order valence-corrected chi connectivity index (χ1v) is 8.37. The van der Waals surface area contributed by atoms with Crippen molar-refractivity contribution in [3.05, 3.63) is 5.82 Å². The third-order valence-corrected chi connectivity index (χ3v) is 4.48. The maximum atomic E-state index is 4.69. The molecular formula is C15H27N3S. The fraction of sp³-hybridized carbons (Fsp3) is 0.867. The number of anilines is 1. The van der Waals surface area contributed by atoms with E-state index in [1.165, 1.54) is 50.1 Å². The molecule has 0 aliphatic heterocycles. The van der Waals surface area contributed by atoms with Gasteiger partial charge in [-0.3, -0.25) is 0 Å². The summed E-state index contributed by atoms with van der Waals surface area (Å²) in [7, 11) is 0. The second-order valence-electron chi connectivity index (χ2n) is 6.84. The first kappa shape index (κ1) is 14.8. The molecule has 1 aromatic rings. The summed E-state index contributed by atoms with van der Waals surface area (Å²) in [6.07, 6.45) is 7.99. The zero-order valence-corrected chi connectivity index (χ0v) is 13.5. The molecule has 0 atom stereocenters. The lowest BCUT2D eigenvalue weighted by molar-refractivity contribution is 0.303. The molecular weight excluding hydrogens is 254 g/mol. The van der Waals surface area contributed by atoms with Gasteiger partial charge in [-0.25, -0.2) is 4.98 Å². The van der Waals surface area contributed by atoms with Crippen molar-refractivity contribution in [1.29, 1.82) is 0 Å². The van der Waals surface area contributed by atoms with E-state index in [1.807, 2.05) is 0 Å². The summed E-state index contributed by atoms with van der Waals surface area (Å²) in [6, 6.07) is 0. The van der Waals surface area contributed by atoms with Gasteiger partial charge >= 0.3 is 0 Å². The highest BCUT2D eigenvalue weighted by atomic mass is 32.1. The lowest BCUT2D eigenvalue weighted by atomic mass is 9.80. The van der Waals surface area contributed by atoms with Crippen molar-refractivity contribution in [2.24, 2.45) is 5.92 Å². The maximum Gasteiger partial charge on any atom is 0.202 e. The molecule has 1 aromatic heterocycles. The van der Waals surface area contributed by atoms with E-state index >= 15 is 0 Å². The van der Waals surface area contributed by atoms with Gasteiger partial charge in [0.25, 0.3) is 0 Å². The van der Waals surface area contributed by atoms with Crippen molar-refractivity contribution >= 4 is 16.7 Å². The van der Waals surface area contributed by atoms with Gasteiger partial charge in [-0.05, 0) is 52.4 Å². The molecule has 108 valence electrons. The predicted molar refractivity (Wildman–Crippen MR) is 82.9 cm³/mol. The van der Waals surface area contributed by atoms with Crippen molar-refractivity contribution < 1.29 is 0 Å². The molecule has 0 amide bonds. The van der Waals surface area contributed by atoms with Crippen molar-refractivity contribution in [3.63, 3.8) is 0 Å². The topological polar surface area (TPSA) is 37.8 Å². The fourth-order valence-corrected chi connectivity index (χ4v) is 3.75. The smallest absolute Gasteiger partial charge is 0.202 e. The van der Waals surface area contributed by atoms with Gasteiger partial charge in [-0.2, -0.15) is 4.37 Å². The van der Waals surface area contributed by atoms with Crippen LogP contribution < -0.4 is 5.32 Å². The summed E-state index contributed by atoms with van der Waals surface area (Å²) < 4.78 is 4.56. The van der Waals surface area contributed by atoms with Gasteiger partial charge in [0.1, 0.15) is 5.82 Å². The van der Waals surface area contributed by atoms with E-state index in [0.29, 0.717) is 5.92 Å². The predicted octanol–water partition coefficient (Wildman–Crippen LogP) is 4.82. The molecule has 1 fully saturated rings. The van der Waals surface area contributed by atoms with Crippen LogP contribution in [0.5, 0.6) is 0 Å². The standard InChI is InChI=1S/C15H27N3S/c1-5-6-11-7-9-12(10-8-11)13-16-14(19-18-13)17-15(2,3)4/h11-12H,5-10H2,1-4H3,(H,16,17,18). The van der Waals surface area contributed by atoms with Gasteiger partial charge in [0.15, 0.2) is 0 Å². The van der Waals surface area contributed by atoms with Crippen molar-refractivity contribution in [2.45, 2.75) is 77.7 Å². The lowest BCUT2D eigenvalue weighted by Crippen LogP contribution is -2.26. The zero-order chi connectivity index (χ0) is 13.9. The number of aromatic nitrogens is 2. The van der Waals surface area contributed by atoms with Gasteiger partial charge in [-0.1, -0.05) is 19.8 Å². The van der Waals surface area contributed by atoms with Crippen LogP contribution in [0.1, 0.15) is 78.0 Å². The Morgan fingerprint density at radius 3 is 2.47 bits per heavy atom. The molecule has 2 rings (SSSR count). The number of nitrogens with zero attached hydrogens (tertiary/aromatic N) is 2. The van der Waals surface area contributed by atoms with E-state index in [2.05, 4.69) is 42.4 Å². The van der Waals surface area contributed by atoms with Gasteiger partial charge in [0.2, 0.25) is 5.13 Å². The van der Waals surface area contributed by atoms with E-state index in [4.69, 9.17) is 0 Å². The Kier molecular flexibility index (Phi) is 4.82. The molecule has 0 unspecified atom stereocenters. The minimum Gasteiger partial charge on any atom is -0.356 e. The molecule has 1 aliphatic rings. The van der Waals surface area contributed by atoms with Crippen LogP contribution in [0.4, 0.5) is 5.13 Å². The number of hydrogen-bond donors (Lipinski definition) is 1. The molecule has 0 bridgehead atoms. The fourth-order valence-electron chi connectivity index (χ4n) is 2.89. The molecule has 1 aliphatic carbocycles. The van der Waals surface area contributed by atoms with Gasteiger partial charge in [0, 0.05) is 23.0 Å². The quantitative estimate of drug-likeness (QED) is 0.859. The summed E-state index contributed by atoms with van der Waals surface area (Å²) in [5.41, 5.74) is 0.0651. The Morgan fingerprint density at radius 2 is 1.89 bits per heavy atom. The van der Waals surface area contributed by atoms with Crippen LogP contribution in [0.3, 0.4) is 0 Å². The van der Waals surface area contributed by atoms with E-state index in [1.54, 1.807) is 0 Å². The third-order valence-electron chi connectivity index (χ3n) is 3.83. The van der Waals surface area contributed by atoms with E-state index in [9.17, 15) is 0 Å². The molecule has 0 spiro atoms. The Balaban J connectivity index is 1.90. The molecule has 0 aromatic carbocycles. The third kappa shape index (κ3) is 4.44. The minimum absolute atomic E-state index is 0.0651. The maximum absolute atomic E-state index is 4.69. The van der Waals surface area contributed by atoms with Crippen molar-refractivity contribution in [3.8, 4) is 0 Å². The Labute approximate surface area is 121 Å². The SMILES string of the molecule is CCCC1CCC(c2nsc(NC(C)(C)C)n2)CC1. The average molecular weight is 281 g/mol. The van der Waals surface area contributed by atoms with E-state index in [-0.39, 0.29) is 5.54 Å². The van der Waals surface area contributed by atoms with Crippen molar-refractivity contribution in [1.82, 2.24) is 9.36 Å². The summed E-state index contributed by atoms with van der Waals surface area (Å²) in [4.78, 5) is 4.69. The van der Waals surface area contributed by atoms with Crippen LogP contribution in [0, 0.1) is 5.92 Å². The lowest BCUT2D eigenvalue weighted by Gasteiger charge is -2.26. The normalized spacial score (nSPS) is 24.4. The second-order valence-corrected chi connectivity index (χ2v) is 7.59. The largest absolute Gasteiger partial charge is 0.356 e. The number of nitrogens with one attached hydrogen (secondary N) is 1. The molecule has 1 heterocycles. The Morgan fingerprint density at radius 1 is 1.21 bits per heavy atom. The highest BCUT2D eigenvalue weighted by molar-refractivity contribution is 7.09. The van der Waals surface area contributed by atoms with Crippen LogP contribution in [0.15, 0.2) is 0 Å².